The fourth-order valence-corrected chi connectivity index (χ4v) is 5.68. The summed E-state index contributed by atoms with van der Waals surface area (Å²) in [5, 5.41) is 2.99. The molecule has 0 spiro atoms. The van der Waals surface area contributed by atoms with E-state index in [-0.39, 0.29) is 27.6 Å². The first-order valence-electron chi connectivity index (χ1n) is 12.5. The number of rotatable bonds is 6. The molecule has 0 unspecified atom stereocenters. The summed E-state index contributed by atoms with van der Waals surface area (Å²) in [5.74, 6) is -2.27. The number of amides is 1. The van der Waals surface area contributed by atoms with Crippen molar-refractivity contribution in [3.05, 3.63) is 80.3 Å². The van der Waals surface area contributed by atoms with E-state index in [0.29, 0.717) is 55.1 Å². The van der Waals surface area contributed by atoms with E-state index in [4.69, 9.17) is 37.4 Å². The van der Waals surface area contributed by atoms with Gasteiger partial charge in [-0.1, -0.05) is 41.4 Å². The number of fused-ring (bicyclic) bond motifs is 2. The zero-order valence-corrected chi connectivity index (χ0v) is 22.6. The molecule has 2 heterocycles. The molecule has 3 aromatic rings. The fourth-order valence-electron chi connectivity index (χ4n) is 5.11. The lowest BCUT2D eigenvalue weighted by molar-refractivity contribution is -0.142. The third-order valence-corrected chi connectivity index (χ3v) is 7.58. The zero-order valence-electron chi connectivity index (χ0n) is 21.0. The summed E-state index contributed by atoms with van der Waals surface area (Å²) in [6.07, 6.45) is 2.42. The van der Waals surface area contributed by atoms with E-state index in [1.54, 1.807) is 18.2 Å². The Kier molecular flexibility index (Phi) is 7.96. The molecular formula is C29H25Cl2F2NO5. The fraction of sp³-hybridized carbons (Fsp3) is 0.310. The molecule has 1 amide bonds. The van der Waals surface area contributed by atoms with Gasteiger partial charge in [-0.3, -0.25) is 4.79 Å². The lowest BCUT2D eigenvalue weighted by Crippen LogP contribution is -2.43. The molecule has 2 aliphatic rings. The number of methoxy groups -OCH3 is 1. The smallest absolute Gasteiger partial charge is 0.328 e. The molecule has 204 valence electrons. The standard InChI is InChI=1S/C29H25Cl2F2NO5/c1-37-29(36)23(34-28(35)24-20(30)7-2-8-21(24)31)13-15-9-10-17(26-16(15)5-3-11-38-26)19-14-22(32)25(33)18-6-4-12-39-27(18)19/h2,7-10,14,23H,3-6,11-13H2,1H3,(H,34,35)/t23-/m0/s1. The largest absolute Gasteiger partial charge is 0.493 e. The number of carbonyl (C=O) groups excluding carboxylic acids is 2. The van der Waals surface area contributed by atoms with E-state index in [0.717, 1.165) is 23.6 Å². The van der Waals surface area contributed by atoms with Crippen LogP contribution in [0.1, 0.15) is 39.9 Å². The molecule has 5 rings (SSSR count). The minimum atomic E-state index is -1.05. The Labute approximate surface area is 234 Å². The highest BCUT2D eigenvalue weighted by Crippen LogP contribution is 2.45. The van der Waals surface area contributed by atoms with Crippen molar-refractivity contribution in [3.63, 3.8) is 0 Å². The summed E-state index contributed by atoms with van der Waals surface area (Å²) < 4.78 is 45.9. The van der Waals surface area contributed by atoms with Gasteiger partial charge in [0.05, 0.1) is 35.9 Å². The maximum absolute atomic E-state index is 14.6. The number of esters is 1. The minimum absolute atomic E-state index is 0.0542. The summed E-state index contributed by atoms with van der Waals surface area (Å²) in [7, 11) is 1.23. The van der Waals surface area contributed by atoms with Crippen LogP contribution in [0.3, 0.4) is 0 Å². The molecule has 0 aromatic heterocycles. The number of hydrogen-bond donors (Lipinski definition) is 1. The average molecular weight is 576 g/mol. The second-order valence-corrected chi connectivity index (χ2v) is 10.2. The maximum atomic E-state index is 14.6. The minimum Gasteiger partial charge on any atom is -0.493 e. The second-order valence-electron chi connectivity index (χ2n) is 9.36. The highest BCUT2D eigenvalue weighted by Gasteiger charge is 2.30. The van der Waals surface area contributed by atoms with Crippen molar-refractivity contribution in [2.24, 2.45) is 0 Å². The Morgan fingerprint density at radius 3 is 2.28 bits per heavy atom. The predicted molar refractivity (Wildman–Crippen MR) is 143 cm³/mol. The van der Waals surface area contributed by atoms with Gasteiger partial charge >= 0.3 is 5.97 Å². The van der Waals surface area contributed by atoms with Crippen LogP contribution in [0, 0.1) is 11.6 Å². The molecule has 0 bridgehead atoms. The molecule has 0 fully saturated rings. The van der Waals surface area contributed by atoms with Gasteiger partial charge in [0.25, 0.3) is 5.91 Å². The monoisotopic (exact) mass is 575 g/mol. The maximum Gasteiger partial charge on any atom is 0.328 e. The number of carbonyl (C=O) groups is 2. The van der Waals surface area contributed by atoms with E-state index in [1.807, 2.05) is 0 Å². The van der Waals surface area contributed by atoms with Gasteiger partial charge in [0.15, 0.2) is 11.6 Å². The second kappa shape index (κ2) is 11.4. The molecule has 0 saturated carbocycles. The van der Waals surface area contributed by atoms with Gasteiger partial charge in [-0.25, -0.2) is 13.6 Å². The average Bonchev–Trinajstić information content (AvgIpc) is 2.94. The Hall–Kier alpha value is -3.36. The van der Waals surface area contributed by atoms with Gasteiger partial charge < -0.3 is 19.5 Å². The summed E-state index contributed by atoms with van der Waals surface area (Å²) in [6, 6.07) is 8.30. The third kappa shape index (κ3) is 5.28. The van der Waals surface area contributed by atoms with E-state index in [9.17, 15) is 18.4 Å². The van der Waals surface area contributed by atoms with Crippen LogP contribution in [0.2, 0.25) is 10.0 Å². The quantitative estimate of drug-likeness (QED) is 0.359. The first kappa shape index (κ1) is 27.2. The number of benzene rings is 3. The number of hydrogen-bond acceptors (Lipinski definition) is 5. The van der Waals surface area contributed by atoms with Crippen molar-refractivity contribution in [3.8, 4) is 22.6 Å². The molecule has 3 aromatic carbocycles. The van der Waals surface area contributed by atoms with Crippen molar-refractivity contribution in [1.82, 2.24) is 5.32 Å². The van der Waals surface area contributed by atoms with Crippen molar-refractivity contribution in [2.75, 3.05) is 20.3 Å². The van der Waals surface area contributed by atoms with Crippen molar-refractivity contribution < 1.29 is 32.6 Å². The van der Waals surface area contributed by atoms with Crippen molar-refractivity contribution >= 4 is 35.1 Å². The molecule has 6 nitrogen and oxygen atoms in total. The van der Waals surface area contributed by atoms with Gasteiger partial charge in [0.2, 0.25) is 0 Å². The van der Waals surface area contributed by atoms with Gasteiger partial charge in [-0.15, -0.1) is 0 Å². The van der Waals surface area contributed by atoms with Crippen LogP contribution in [-0.4, -0.2) is 38.2 Å². The highest BCUT2D eigenvalue weighted by molar-refractivity contribution is 6.39. The van der Waals surface area contributed by atoms with Gasteiger partial charge in [0.1, 0.15) is 17.5 Å². The van der Waals surface area contributed by atoms with Crippen LogP contribution in [0.15, 0.2) is 36.4 Å². The van der Waals surface area contributed by atoms with E-state index < -0.39 is 29.6 Å². The first-order chi connectivity index (χ1) is 18.8. The molecule has 1 N–H and O–H groups in total. The van der Waals surface area contributed by atoms with E-state index >= 15 is 0 Å². The molecule has 2 aliphatic heterocycles. The third-order valence-electron chi connectivity index (χ3n) is 6.95. The van der Waals surface area contributed by atoms with Gasteiger partial charge in [0, 0.05) is 23.1 Å². The SMILES string of the molecule is COC(=O)[C@H](Cc1ccc(-c2cc(F)c(F)c3c2OCCC3)c2c1CCCO2)NC(=O)c1c(Cl)cccc1Cl. The van der Waals surface area contributed by atoms with Crippen LogP contribution in [0.25, 0.3) is 11.1 Å². The van der Waals surface area contributed by atoms with Crippen LogP contribution < -0.4 is 14.8 Å². The molecule has 10 heteroatoms. The number of ether oxygens (including phenoxy) is 3. The van der Waals surface area contributed by atoms with E-state index in [2.05, 4.69) is 5.32 Å². The van der Waals surface area contributed by atoms with E-state index in [1.165, 1.54) is 19.2 Å². The lowest BCUT2D eigenvalue weighted by Gasteiger charge is -2.27. The number of halogens is 4. The Balaban J connectivity index is 1.52. The first-order valence-corrected chi connectivity index (χ1v) is 13.3. The summed E-state index contributed by atoms with van der Waals surface area (Å²) >= 11 is 12.4. The summed E-state index contributed by atoms with van der Waals surface area (Å²) in [6.45, 7) is 0.848. The van der Waals surface area contributed by atoms with Crippen LogP contribution in [-0.2, 0) is 28.8 Å². The van der Waals surface area contributed by atoms with Gasteiger partial charge in [-0.2, -0.15) is 0 Å². The normalized spacial score (nSPS) is 14.8. The summed E-state index contributed by atoms with van der Waals surface area (Å²) in [4.78, 5) is 25.8. The number of nitrogens with one attached hydrogen (secondary N) is 1. The predicted octanol–water partition coefficient (Wildman–Crippen LogP) is 6.10. The van der Waals surface area contributed by atoms with Crippen LogP contribution >= 0.6 is 23.2 Å². The molecular weight excluding hydrogens is 551 g/mol. The van der Waals surface area contributed by atoms with Gasteiger partial charge in [-0.05, 0) is 55.0 Å². The molecule has 1 atom stereocenters. The Bertz CT molecular complexity index is 1440. The van der Waals surface area contributed by atoms with Crippen molar-refractivity contribution in [2.45, 2.75) is 38.1 Å². The summed E-state index contributed by atoms with van der Waals surface area (Å²) in [5.41, 5.74) is 2.82. The molecule has 0 aliphatic carbocycles. The Morgan fingerprint density at radius 2 is 1.62 bits per heavy atom. The molecule has 0 radical (unpaired) electrons. The zero-order chi connectivity index (χ0) is 27.7. The van der Waals surface area contributed by atoms with Crippen molar-refractivity contribution in [1.29, 1.82) is 0 Å². The molecule has 39 heavy (non-hydrogen) atoms. The topological polar surface area (TPSA) is 73.9 Å². The van der Waals surface area contributed by atoms with Crippen LogP contribution in [0.5, 0.6) is 11.5 Å². The highest BCUT2D eigenvalue weighted by atomic mass is 35.5. The Morgan fingerprint density at radius 1 is 0.974 bits per heavy atom. The van der Waals surface area contributed by atoms with Crippen LogP contribution in [0.4, 0.5) is 8.78 Å². The lowest BCUT2D eigenvalue weighted by atomic mass is 9.89. The molecule has 0 saturated heterocycles.